The summed E-state index contributed by atoms with van der Waals surface area (Å²) >= 11 is 0. The summed E-state index contributed by atoms with van der Waals surface area (Å²) in [5, 5.41) is 9.40. The van der Waals surface area contributed by atoms with Gasteiger partial charge in [0.15, 0.2) is 0 Å². The third-order valence-corrected chi connectivity index (χ3v) is 20.4. The van der Waals surface area contributed by atoms with Crippen LogP contribution in [0.5, 0.6) is 0 Å². The van der Waals surface area contributed by atoms with Crippen LogP contribution < -0.4 is 15.6 Å². The van der Waals surface area contributed by atoms with Gasteiger partial charge in [-0.15, -0.1) is 0 Å². The zero-order valence-electron chi connectivity index (χ0n) is 23.9. The van der Waals surface area contributed by atoms with Crippen LogP contribution in [-0.2, 0) is 0 Å². The minimum absolute atomic E-state index is 1.42. The van der Waals surface area contributed by atoms with Gasteiger partial charge in [0.2, 0.25) is 0 Å². The summed E-state index contributed by atoms with van der Waals surface area (Å²) in [5.41, 5.74) is 8.54. The Morgan fingerprint density at radius 1 is 0.359 bits per heavy atom. The highest BCUT2D eigenvalue weighted by atomic mass is 28.3. The smallest absolute Gasteiger partial charge is 0.0623 e. The van der Waals surface area contributed by atoms with E-state index in [2.05, 4.69) is 149 Å². The van der Waals surface area contributed by atoms with Crippen LogP contribution in [-0.4, -0.2) is 24.2 Å². The van der Waals surface area contributed by atoms with Gasteiger partial charge in [0.1, 0.15) is 24.2 Å². The van der Waals surface area contributed by atoms with Crippen molar-refractivity contribution in [2.24, 2.45) is 0 Å². The van der Waals surface area contributed by atoms with Crippen LogP contribution in [0.1, 0.15) is 33.4 Å². The lowest BCUT2D eigenvalue weighted by atomic mass is 10.0. The molecule has 0 spiro atoms. The highest BCUT2D eigenvalue weighted by molar-refractivity contribution is 7.08. The monoisotopic (exact) mass is 552 g/mol. The van der Waals surface area contributed by atoms with Gasteiger partial charge in [-0.25, -0.2) is 0 Å². The molecular weight excluding hydrogens is 517 g/mol. The first kappa shape index (κ1) is 24.8. The Bertz CT molecular complexity index is 1560. The molecule has 0 aromatic heterocycles. The molecule has 0 fully saturated rings. The van der Waals surface area contributed by atoms with Crippen LogP contribution in [0.4, 0.5) is 0 Å². The molecule has 3 heteroatoms. The van der Waals surface area contributed by atoms with Gasteiger partial charge in [-0.3, -0.25) is 0 Å². The summed E-state index contributed by atoms with van der Waals surface area (Å²) in [7, 11) is -5.43. The Hall–Kier alpha value is -3.25. The maximum atomic E-state index is 2.54. The van der Waals surface area contributed by atoms with E-state index >= 15 is 0 Å². The number of hydrogen-bond acceptors (Lipinski definition) is 0. The summed E-state index contributed by atoms with van der Waals surface area (Å²) in [6.45, 7) is 15.2. The van der Waals surface area contributed by atoms with E-state index < -0.39 is 24.2 Å². The molecule has 0 saturated carbocycles. The van der Waals surface area contributed by atoms with Gasteiger partial charge in [0.25, 0.3) is 0 Å². The van der Waals surface area contributed by atoms with Crippen molar-refractivity contribution >= 4 is 73.6 Å². The Balaban J connectivity index is 1.45. The molecule has 0 N–H and O–H groups in total. The van der Waals surface area contributed by atoms with Crippen molar-refractivity contribution in [3.8, 4) is 0 Å². The molecular formula is C36H36Si3. The number of rotatable bonds is 3. The second kappa shape index (κ2) is 8.37. The van der Waals surface area contributed by atoms with Crippen molar-refractivity contribution < 1.29 is 0 Å². The van der Waals surface area contributed by atoms with E-state index in [1.54, 1.807) is 31.1 Å². The summed E-state index contributed by atoms with van der Waals surface area (Å²) in [5.74, 6) is 0. The second-order valence-electron chi connectivity index (χ2n) is 13.1. The third kappa shape index (κ3) is 3.60. The highest BCUT2D eigenvalue weighted by Crippen LogP contribution is 2.42. The van der Waals surface area contributed by atoms with E-state index in [0.29, 0.717) is 0 Å². The first-order valence-corrected chi connectivity index (χ1v) is 23.2. The van der Waals surface area contributed by atoms with Crippen LogP contribution in [0, 0.1) is 0 Å². The molecule has 0 radical (unpaired) electrons. The number of hydrogen-bond donors (Lipinski definition) is 0. The number of fused-ring (bicyclic) bond motifs is 3. The van der Waals surface area contributed by atoms with E-state index in [0.717, 1.165) is 0 Å². The topological polar surface area (TPSA) is 0 Å². The predicted molar refractivity (Wildman–Crippen MR) is 181 cm³/mol. The van der Waals surface area contributed by atoms with Crippen molar-refractivity contribution in [2.45, 2.75) is 39.3 Å². The lowest BCUT2D eigenvalue weighted by Crippen LogP contribution is -2.42. The Kier molecular flexibility index (Phi) is 5.32. The Morgan fingerprint density at radius 2 is 0.615 bits per heavy atom. The van der Waals surface area contributed by atoms with Crippen molar-refractivity contribution in [3.05, 3.63) is 124 Å². The van der Waals surface area contributed by atoms with E-state index in [1.807, 2.05) is 0 Å². The molecule has 4 aromatic carbocycles. The first-order valence-electron chi connectivity index (χ1n) is 14.2. The van der Waals surface area contributed by atoms with Crippen LogP contribution in [0.25, 0.3) is 33.8 Å². The van der Waals surface area contributed by atoms with Crippen molar-refractivity contribution in [3.63, 3.8) is 0 Å². The van der Waals surface area contributed by atoms with Crippen molar-refractivity contribution in [2.75, 3.05) is 0 Å². The standard InChI is InChI=1S/C36H36Si3/c1-37(2)31-16-10-7-13-25(31)22-34(37)28-19-29(35-23-26-14-8-11-17-32(26)38(35,3)4)21-30(20-28)36-24-27-15-9-12-18-33(27)39(36,5)6/h7-24H,1-6H3. The number of benzene rings is 4. The summed E-state index contributed by atoms with van der Waals surface area (Å²) in [4.78, 5) is 0. The predicted octanol–water partition coefficient (Wildman–Crippen LogP) is 7.71. The largest absolute Gasteiger partial charge is 0.113 e. The van der Waals surface area contributed by atoms with Gasteiger partial charge >= 0.3 is 0 Å². The van der Waals surface area contributed by atoms with E-state index in [9.17, 15) is 0 Å². The third-order valence-electron chi connectivity index (χ3n) is 9.69. The summed E-state index contributed by atoms with van der Waals surface area (Å²) < 4.78 is 0. The minimum atomic E-state index is -1.81. The lowest BCUT2D eigenvalue weighted by molar-refractivity contribution is 1.55. The van der Waals surface area contributed by atoms with Gasteiger partial charge < -0.3 is 0 Å². The first-order chi connectivity index (χ1) is 18.6. The van der Waals surface area contributed by atoms with E-state index in [1.165, 1.54) is 33.4 Å². The maximum Gasteiger partial charge on any atom is 0.113 e. The Morgan fingerprint density at radius 3 is 0.872 bits per heavy atom. The van der Waals surface area contributed by atoms with Crippen molar-refractivity contribution in [1.82, 2.24) is 0 Å². The molecule has 3 aliphatic rings. The molecule has 3 heterocycles. The quantitative estimate of drug-likeness (QED) is 0.228. The van der Waals surface area contributed by atoms with Crippen LogP contribution in [0.3, 0.4) is 0 Å². The molecule has 3 aliphatic heterocycles. The maximum absolute atomic E-state index is 2.54. The summed E-state index contributed by atoms with van der Waals surface area (Å²) in [6.07, 6.45) is 7.52. The minimum Gasteiger partial charge on any atom is -0.0623 e. The van der Waals surface area contributed by atoms with Crippen LogP contribution in [0.2, 0.25) is 39.3 Å². The molecule has 0 amide bonds. The van der Waals surface area contributed by atoms with Crippen LogP contribution >= 0.6 is 0 Å². The fourth-order valence-electron chi connectivity index (χ4n) is 7.45. The van der Waals surface area contributed by atoms with Crippen molar-refractivity contribution in [1.29, 1.82) is 0 Å². The summed E-state index contributed by atoms with van der Waals surface area (Å²) in [6, 6.07) is 34.9. The highest BCUT2D eigenvalue weighted by Gasteiger charge is 2.40. The molecule has 0 unspecified atom stereocenters. The normalized spacial score (nSPS) is 19.1. The van der Waals surface area contributed by atoms with Gasteiger partial charge in [-0.1, -0.05) is 130 Å². The van der Waals surface area contributed by atoms with Gasteiger partial charge in [0, 0.05) is 0 Å². The molecule has 0 bridgehead atoms. The molecule has 0 aliphatic carbocycles. The van der Waals surface area contributed by atoms with Gasteiger partial charge in [-0.2, -0.15) is 0 Å². The average molecular weight is 553 g/mol. The van der Waals surface area contributed by atoms with Gasteiger partial charge in [0.05, 0.1) is 0 Å². The van der Waals surface area contributed by atoms with Crippen LogP contribution in [0.15, 0.2) is 91.0 Å². The molecule has 0 saturated heterocycles. The van der Waals surface area contributed by atoms with Gasteiger partial charge in [-0.05, 0) is 82.7 Å². The Labute approximate surface area is 236 Å². The fraction of sp³-hybridized carbons (Fsp3) is 0.167. The SMILES string of the molecule is C[Si]1(C)C(c2cc(C3=Cc4ccccc4[Si]3(C)C)cc(C3=Cc4ccccc4[Si]3(C)C)c2)=Cc2ccccc21. The molecule has 192 valence electrons. The zero-order valence-corrected chi connectivity index (χ0v) is 26.9. The molecule has 0 atom stereocenters. The molecule has 0 nitrogen and oxygen atoms in total. The lowest BCUT2D eigenvalue weighted by Gasteiger charge is -2.28. The molecule has 39 heavy (non-hydrogen) atoms. The molecule has 7 rings (SSSR count). The van der Waals surface area contributed by atoms with E-state index in [4.69, 9.17) is 0 Å². The fourth-order valence-corrected chi connectivity index (χ4v) is 16.6. The average Bonchev–Trinajstić information content (AvgIpc) is 3.47. The molecule has 4 aromatic rings. The zero-order chi connectivity index (χ0) is 27.2. The second-order valence-corrected chi connectivity index (χ2v) is 26.1. The van der Waals surface area contributed by atoms with E-state index in [-0.39, 0.29) is 0 Å².